The molecule has 3 rings (SSSR count). The van der Waals surface area contributed by atoms with Crippen LogP contribution < -0.4 is 20.7 Å². The van der Waals surface area contributed by atoms with Crippen molar-refractivity contribution in [2.75, 3.05) is 27.8 Å². The molecule has 0 saturated carbocycles. The van der Waals surface area contributed by atoms with Crippen molar-refractivity contribution in [3.63, 3.8) is 0 Å². The molecular formula is C25H35N5O6. The Bertz CT molecular complexity index is 1110. The Kier molecular flexibility index (Phi) is 8.92. The van der Waals surface area contributed by atoms with E-state index in [4.69, 9.17) is 9.57 Å². The van der Waals surface area contributed by atoms with Gasteiger partial charge < -0.3 is 25.7 Å². The van der Waals surface area contributed by atoms with Crippen LogP contribution in [0.1, 0.15) is 43.6 Å². The minimum Gasteiger partial charge on any atom is -0.496 e. The fourth-order valence-electron chi connectivity index (χ4n) is 4.32. The van der Waals surface area contributed by atoms with Crippen LogP contribution in [-0.2, 0) is 19.2 Å². The number of carbonyl (C=O) groups is 4. The molecule has 11 heteroatoms. The van der Waals surface area contributed by atoms with Crippen LogP contribution in [0.4, 0.5) is 0 Å². The molecule has 4 N–H and O–H groups in total. The van der Waals surface area contributed by atoms with Gasteiger partial charge in [-0.15, -0.1) is 0 Å². The molecule has 3 atom stereocenters. The first-order chi connectivity index (χ1) is 17.1. The summed E-state index contributed by atoms with van der Waals surface area (Å²) in [6.45, 7) is 4.40. The Morgan fingerprint density at radius 2 is 1.92 bits per heavy atom. The minimum absolute atomic E-state index is 0.0836. The van der Waals surface area contributed by atoms with Gasteiger partial charge in [0.25, 0.3) is 11.8 Å². The number of H-pyrrole nitrogens is 1. The molecule has 11 nitrogen and oxygen atoms in total. The van der Waals surface area contributed by atoms with Crippen molar-refractivity contribution >= 4 is 34.5 Å². The summed E-state index contributed by atoms with van der Waals surface area (Å²) >= 11 is 0. The largest absolute Gasteiger partial charge is 0.496 e. The van der Waals surface area contributed by atoms with Crippen LogP contribution in [-0.4, -0.2) is 73.6 Å². The van der Waals surface area contributed by atoms with Crippen molar-refractivity contribution in [3.05, 3.63) is 30.0 Å². The van der Waals surface area contributed by atoms with Crippen LogP contribution in [0.15, 0.2) is 24.3 Å². The number of fused-ring (bicyclic) bond motifs is 1. The summed E-state index contributed by atoms with van der Waals surface area (Å²) in [6, 6.07) is 5.23. The molecule has 1 aromatic heterocycles. The average molecular weight is 502 g/mol. The van der Waals surface area contributed by atoms with Crippen LogP contribution >= 0.6 is 0 Å². The number of methoxy groups -OCH3 is 1. The fraction of sp³-hybridized carbons (Fsp3) is 0.520. The van der Waals surface area contributed by atoms with E-state index in [9.17, 15) is 19.2 Å². The molecule has 4 amide bonds. The lowest BCUT2D eigenvalue weighted by Gasteiger charge is -2.27. The molecule has 196 valence electrons. The van der Waals surface area contributed by atoms with Crippen molar-refractivity contribution < 1.29 is 28.8 Å². The van der Waals surface area contributed by atoms with E-state index in [-0.39, 0.29) is 23.9 Å². The van der Waals surface area contributed by atoms with Crippen molar-refractivity contribution in [2.45, 2.75) is 45.2 Å². The number of amides is 4. The second-order valence-corrected chi connectivity index (χ2v) is 9.35. The smallest absolute Gasteiger partial charge is 0.268 e. The summed E-state index contributed by atoms with van der Waals surface area (Å²) in [7, 11) is 4.34. The zero-order valence-corrected chi connectivity index (χ0v) is 21.3. The van der Waals surface area contributed by atoms with Crippen LogP contribution in [0.25, 0.3) is 10.9 Å². The van der Waals surface area contributed by atoms with E-state index >= 15 is 0 Å². The van der Waals surface area contributed by atoms with Crippen molar-refractivity contribution in [1.82, 2.24) is 26.0 Å². The molecule has 1 aliphatic heterocycles. The van der Waals surface area contributed by atoms with Gasteiger partial charge in [0, 0.05) is 30.4 Å². The van der Waals surface area contributed by atoms with Crippen LogP contribution in [0, 0.1) is 11.8 Å². The number of likely N-dealkylation sites (N-methyl/N-ethyl adjacent to an activating group) is 1. The summed E-state index contributed by atoms with van der Waals surface area (Å²) in [5, 5.41) is 10.1. The second kappa shape index (κ2) is 11.9. The van der Waals surface area contributed by atoms with E-state index in [2.05, 4.69) is 20.9 Å². The fourth-order valence-corrected chi connectivity index (χ4v) is 4.32. The van der Waals surface area contributed by atoms with Gasteiger partial charge in [-0.3, -0.25) is 24.0 Å². The molecule has 0 aliphatic carbocycles. The van der Waals surface area contributed by atoms with Gasteiger partial charge in [-0.25, -0.2) is 5.06 Å². The van der Waals surface area contributed by atoms with E-state index in [0.29, 0.717) is 25.1 Å². The van der Waals surface area contributed by atoms with E-state index in [1.54, 1.807) is 19.2 Å². The summed E-state index contributed by atoms with van der Waals surface area (Å²) in [6.07, 6.45) is 1.06. The predicted octanol–water partition coefficient (Wildman–Crippen LogP) is 1.35. The first-order valence-electron chi connectivity index (χ1n) is 12.0. The molecule has 1 aliphatic rings. The Morgan fingerprint density at radius 3 is 2.53 bits per heavy atom. The second-order valence-electron chi connectivity index (χ2n) is 9.35. The highest BCUT2D eigenvalue weighted by Crippen LogP contribution is 2.26. The maximum atomic E-state index is 13.3. The normalized spacial score (nSPS) is 16.9. The lowest BCUT2D eigenvalue weighted by atomic mass is 9.96. The molecule has 0 radical (unpaired) electrons. The zero-order chi connectivity index (χ0) is 26.4. The monoisotopic (exact) mass is 501 g/mol. The summed E-state index contributed by atoms with van der Waals surface area (Å²) < 4.78 is 5.36. The number of rotatable bonds is 11. The lowest BCUT2D eigenvalue weighted by molar-refractivity contribution is -0.172. The van der Waals surface area contributed by atoms with E-state index in [1.807, 2.05) is 26.0 Å². The highest BCUT2D eigenvalue weighted by molar-refractivity contribution is 6.01. The highest BCUT2D eigenvalue weighted by atomic mass is 16.7. The number of aromatic nitrogens is 1. The van der Waals surface area contributed by atoms with Gasteiger partial charge in [-0.05, 0) is 43.4 Å². The third kappa shape index (κ3) is 6.34. The number of nitrogens with one attached hydrogen (secondary N) is 4. The standard InChI is InChI=1S/C25H35N5O6/c1-14(2)11-18(28-24(33)19-13-16-17(27-19)7-6-8-21(16)35-4)23(32)29-20(25(34)30(3)36-5)12-15-9-10-26-22(15)31/h6-8,13-15,18,20,27H,9-12H2,1-5H3,(H,26,31)(H,28,33)(H,29,32)/t15-,18-,20-/m0/s1. The minimum atomic E-state index is -0.986. The molecule has 1 fully saturated rings. The highest BCUT2D eigenvalue weighted by Gasteiger charge is 2.34. The number of aromatic amines is 1. The van der Waals surface area contributed by atoms with Gasteiger partial charge in [0.15, 0.2) is 0 Å². The van der Waals surface area contributed by atoms with Crippen LogP contribution in [0.2, 0.25) is 0 Å². The topological polar surface area (TPSA) is 142 Å². The number of benzene rings is 1. The molecular weight excluding hydrogens is 466 g/mol. The number of carbonyl (C=O) groups excluding carboxylic acids is 4. The van der Waals surface area contributed by atoms with Crippen LogP contribution in [0.5, 0.6) is 5.75 Å². The van der Waals surface area contributed by atoms with Crippen molar-refractivity contribution in [2.24, 2.45) is 11.8 Å². The molecule has 0 spiro atoms. The summed E-state index contributed by atoms with van der Waals surface area (Å²) in [5.41, 5.74) is 1.01. The number of ether oxygens (including phenoxy) is 1. The van der Waals surface area contributed by atoms with Gasteiger partial charge in [-0.2, -0.15) is 0 Å². The quantitative estimate of drug-likeness (QED) is 0.343. The van der Waals surface area contributed by atoms with Crippen molar-refractivity contribution in [3.8, 4) is 5.75 Å². The number of hydroxylamine groups is 2. The third-order valence-electron chi connectivity index (χ3n) is 6.30. The Balaban J connectivity index is 1.78. The predicted molar refractivity (Wildman–Crippen MR) is 133 cm³/mol. The molecule has 0 unspecified atom stereocenters. The molecule has 0 bridgehead atoms. The van der Waals surface area contributed by atoms with Gasteiger partial charge >= 0.3 is 0 Å². The number of hydrogen-bond donors (Lipinski definition) is 4. The Hall–Kier alpha value is -3.60. The summed E-state index contributed by atoms with van der Waals surface area (Å²) in [5.74, 6) is -1.29. The maximum Gasteiger partial charge on any atom is 0.268 e. The zero-order valence-electron chi connectivity index (χ0n) is 21.3. The maximum absolute atomic E-state index is 13.3. The lowest BCUT2D eigenvalue weighted by Crippen LogP contribution is -2.54. The van der Waals surface area contributed by atoms with Gasteiger partial charge in [0.1, 0.15) is 23.5 Å². The van der Waals surface area contributed by atoms with E-state index in [1.165, 1.54) is 14.2 Å². The van der Waals surface area contributed by atoms with Gasteiger partial charge in [0.2, 0.25) is 11.8 Å². The first kappa shape index (κ1) is 27.0. The molecule has 36 heavy (non-hydrogen) atoms. The number of nitrogens with zero attached hydrogens (tertiary/aromatic N) is 1. The average Bonchev–Trinajstić information content (AvgIpc) is 3.47. The molecule has 2 heterocycles. The van der Waals surface area contributed by atoms with Crippen LogP contribution in [0.3, 0.4) is 0 Å². The molecule has 1 aromatic carbocycles. The first-order valence-corrected chi connectivity index (χ1v) is 12.0. The molecule has 2 aromatic rings. The SMILES string of the molecule is COc1cccc2[nH]c(C(=O)N[C@@H](CC(C)C)C(=O)N[C@@H](C[C@@H]3CCNC3=O)C(=O)N(C)OC)cc12. The number of hydrogen-bond acceptors (Lipinski definition) is 6. The Labute approximate surface area is 210 Å². The molecule has 1 saturated heterocycles. The van der Waals surface area contributed by atoms with Crippen molar-refractivity contribution in [1.29, 1.82) is 0 Å². The van der Waals surface area contributed by atoms with E-state index in [0.717, 1.165) is 16.0 Å². The summed E-state index contributed by atoms with van der Waals surface area (Å²) in [4.78, 5) is 59.5. The Morgan fingerprint density at radius 1 is 1.17 bits per heavy atom. The van der Waals surface area contributed by atoms with Gasteiger partial charge in [0.05, 0.1) is 14.2 Å². The third-order valence-corrected chi connectivity index (χ3v) is 6.30. The van der Waals surface area contributed by atoms with Gasteiger partial charge in [-0.1, -0.05) is 19.9 Å². The van der Waals surface area contributed by atoms with E-state index < -0.39 is 35.7 Å².